The number of carbonyl (C=O) groups is 1. The van der Waals surface area contributed by atoms with E-state index in [2.05, 4.69) is 16.9 Å². The molecule has 1 radical (unpaired) electrons. The summed E-state index contributed by atoms with van der Waals surface area (Å²) in [6.07, 6.45) is 20.2. The van der Waals surface area contributed by atoms with Crippen molar-refractivity contribution < 1.29 is 10.9 Å². The fourth-order valence-electron chi connectivity index (χ4n) is 3.28. The van der Waals surface area contributed by atoms with Crippen molar-refractivity contribution in [3.8, 4) is 0 Å². The molecule has 0 aliphatic rings. The Labute approximate surface area is 160 Å². The summed E-state index contributed by atoms with van der Waals surface area (Å²) in [4.78, 5) is 11.1. The molecule has 0 fully saturated rings. The summed E-state index contributed by atoms with van der Waals surface area (Å²) in [6.45, 7) is 4.59. The Morgan fingerprint density at radius 1 is 0.750 bits per heavy atom. The third-order valence-electron chi connectivity index (χ3n) is 4.83. The van der Waals surface area contributed by atoms with Gasteiger partial charge in [-0.05, 0) is 5.92 Å². The molecule has 0 aliphatic heterocycles. The molecule has 0 heterocycles. The zero-order valence-corrected chi connectivity index (χ0v) is 19.0. The maximum absolute atomic E-state index is 11.1. The first kappa shape index (κ1) is 24.1. The van der Waals surface area contributed by atoms with Gasteiger partial charge in [-0.2, -0.15) is 0 Å². The molecule has 0 unspecified atom stereocenters. The minimum atomic E-state index is -2.04. The molecule has 0 amide bonds. The van der Waals surface area contributed by atoms with Crippen LogP contribution in [-0.4, -0.2) is 27.5 Å². The molecule has 141 valence electrons. The van der Waals surface area contributed by atoms with E-state index in [0.717, 1.165) is 18.8 Å². The Bertz CT molecular complexity index is 287. The fourth-order valence-corrected chi connectivity index (χ4v) is 3.84. The normalized spacial score (nSPS) is 11.0. The van der Waals surface area contributed by atoms with Crippen molar-refractivity contribution in [1.29, 1.82) is 0 Å². The van der Waals surface area contributed by atoms with E-state index in [1.807, 2.05) is 0 Å². The average molecular weight is 446 g/mol. The van der Waals surface area contributed by atoms with Crippen LogP contribution in [0.15, 0.2) is 0 Å². The molecule has 0 saturated heterocycles. The van der Waals surface area contributed by atoms with E-state index in [-0.39, 0.29) is 5.97 Å². The summed E-state index contributed by atoms with van der Waals surface area (Å²) >= 11 is -2.04. The van der Waals surface area contributed by atoms with E-state index in [1.54, 1.807) is 0 Å². The summed E-state index contributed by atoms with van der Waals surface area (Å²) in [7, 11) is 0. The van der Waals surface area contributed by atoms with Gasteiger partial charge in [0.15, 0.2) is 0 Å². The van der Waals surface area contributed by atoms with Gasteiger partial charge in [0.1, 0.15) is 0 Å². The minimum absolute atomic E-state index is 0.266. The van der Waals surface area contributed by atoms with Crippen molar-refractivity contribution >= 4 is 27.5 Å². The first-order chi connectivity index (χ1) is 11.7. The Morgan fingerprint density at radius 3 is 1.71 bits per heavy atom. The molecule has 0 rings (SSSR count). The summed E-state index contributed by atoms with van der Waals surface area (Å²) in [5, 5.41) is 0. The van der Waals surface area contributed by atoms with Crippen molar-refractivity contribution in [3.63, 3.8) is 0 Å². The Kier molecular flexibility index (Phi) is 19.4. The number of unbranched alkanes of at least 4 members (excludes halogenated alkanes) is 9. The standard InChI is InChI=1S/C20H40O2.O.Sn/c1-3-5-15-19(16-6-4-2)17-13-11-9-7-8-10-12-14-18-20(21)22;;/h19H,3-18H2,1-2H3,(H,21,22);;/q;;+1/p-1. The first-order valence-electron chi connectivity index (χ1n) is 10.3. The number of hydrogen-bond donors (Lipinski definition) is 0. The summed E-state index contributed by atoms with van der Waals surface area (Å²) in [5.74, 6) is 0.708. The molecule has 3 nitrogen and oxygen atoms in total. The summed E-state index contributed by atoms with van der Waals surface area (Å²) in [5.41, 5.74) is 0. The second-order valence-corrected chi connectivity index (χ2v) is 8.13. The molecular formula is C20H39O3Sn. The number of hydrogen-bond acceptors (Lipinski definition) is 3. The van der Waals surface area contributed by atoms with Crippen LogP contribution in [0.4, 0.5) is 0 Å². The molecule has 24 heavy (non-hydrogen) atoms. The Balaban J connectivity index is 3.41. The molecule has 4 heteroatoms. The van der Waals surface area contributed by atoms with Gasteiger partial charge in [-0.1, -0.05) is 52.4 Å². The molecular weight excluding hydrogens is 407 g/mol. The Morgan fingerprint density at radius 2 is 1.21 bits per heavy atom. The van der Waals surface area contributed by atoms with Gasteiger partial charge >= 0.3 is 103 Å². The average Bonchev–Trinajstić information content (AvgIpc) is 2.58. The van der Waals surface area contributed by atoms with Crippen molar-refractivity contribution in [3.05, 3.63) is 0 Å². The van der Waals surface area contributed by atoms with Crippen molar-refractivity contribution in [2.45, 2.75) is 117 Å². The topological polar surface area (TPSA) is 43.4 Å². The quantitative estimate of drug-likeness (QED) is 0.181. The monoisotopic (exact) mass is 447 g/mol. The molecule has 0 saturated carbocycles. The van der Waals surface area contributed by atoms with Crippen LogP contribution in [-0.2, 0) is 10.9 Å². The van der Waals surface area contributed by atoms with Gasteiger partial charge in [-0.25, -0.2) is 0 Å². The van der Waals surface area contributed by atoms with E-state index in [4.69, 9.17) is 0 Å². The van der Waals surface area contributed by atoms with E-state index in [0.29, 0.717) is 6.42 Å². The predicted octanol–water partition coefficient (Wildman–Crippen LogP) is 6.39. The molecule has 0 aromatic carbocycles. The van der Waals surface area contributed by atoms with E-state index in [1.165, 1.54) is 83.5 Å². The maximum atomic E-state index is 11.1. The van der Waals surface area contributed by atoms with Crippen molar-refractivity contribution in [2.75, 3.05) is 0 Å². The third-order valence-corrected chi connectivity index (χ3v) is 5.72. The van der Waals surface area contributed by atoms with Crippen molar-refractivity contribution in [2.24, 2.45) is 5.92 Å². The second kappa shape index (κ2) is 19.4. The van der Waals surface area contributed by atoms with Crippen LogP contribution in [0, 0.1) is 5.92 Å². The molecule has 0 aromatic rings. The van der Waals surface area contributed by atoms with Crippen LogP contribution < -0.4 is 0 Å². The Hall–Kier alpha value is 0.0687. The van der Waals surface area contributed by atoms with Crippen molar-refractivity contribution in [1.82, 2.24) is 0 Å². The van der Waals surface area contributed by atoms with E-state index < -0.39 is 21.5 Å². The number of carbonyl (C=O) groups excluding carboxylic acids is 1. The molecule has 0 spiro atoms. The molecule has 0 aliphatic carbocycles. The third kappa shape index (κ3) is 16.9. The van der Waals surface area contributed by atoms with Crippen LogP contribution in [0.2, 0.25) is 0 Å². The molecule has 0 aromatic heterocycles. The van der Waals surface area contributed by atoms with Gasteiger partial charge < -0.3 is 0 Å². The SMILES string of the molecule is CCCCC(CCCC)CCCCCCCCCCC(=O)[O][Sn]=[O]. The van der Waals surface area contributed by atoms with E-state index >= 15 is 0 Å². The van der Waals surface area contributed by atoms with Crippen LogP contribution in [0.3, 0.4) is 0 Å². The van der Waals surface area contributed by atoms with Crippen LogP contribution in [0.1, 0.15) is 117 Å². The van der Waals surface area contributed by atoms with Gasteiger partial charge in [0.05, 0.1) is 0 Å². The van der Waals surface area contributed by atoms with Gasteiger partial charge in [0.2, 0.25) is 0 Å². The van der Waals surface area contributed by atoms with Gasteiger partial charge in [0.25, 0.3) is 0 Å². The zero-order valence-electron chi connectivity index (χ0n) is 16.1. The first-order valence-corrected chi connectivity index (χ1v) is 12.6. The number of rotatable bonds is 18. The predicted molar refractivity (Wildman–Crippen MR) is 101 cm³/mol. The summed E-state index contributed by atoms with van der Waals surface area (Å²) in [6, 6.07) is 0. The summed E-state index contributed by atoms with van der Waals surface area (Å²) < 4.78 is 14.8. The van der Waals surface area contributed by atoms with Gasteiger partial charge in [-0.15, -0.1) is 0 Å². The molecule has 0 atom stereocenters. The van der Waals surface area contributed by atoms with Crippen LogP contribution in [0.5, 0.6) is 0 Å². The fraction of sp³-hybridized carbons (Fsp3) is 0.950. The van der Waals surface area contributed by atoms with Crippen LogP contribution in [0.25, 0.3) is 0 Å². The van der Waals surface area contributed by atoms with Gasteiger partial charge in [0, 0.05) is 0 Å². The molecule has 0 N–H and O–H groups in total. The zero-order chi connectivity index (χ0) is 17.9. The molecule has 0 bridgehead atoms. The van der Waals surface area contributed by atoms with Crippen LogP contribution >= 0.6 is 0 Å². The van der Waals surface area contributed by atoms with Gasteiger partial charge in [-0.3, -0.25) is 0 Å². The second-order valence-electron chi connectivity index (χ2n) is 7.07. The van der Waals surface area contributed by atoms with E-state index in [9.17, 15) is 7.87 Å².